The molecular formula is C16H12FNO3S. The molecule has 1 aliphatic heterocycles. The summed E-state index contributed by atoms with van der Waals surface area (Å²) >= 11 is 0. The lowest BCUT2D eigenvalue weighted by molar-refractivity contribution is -0.110. The Hall–Kier alpha value is -2.47. The number of fused-ring (bicyclic) bond motifs is 1. The molecule has 3 rings (SSSR count). The van der Waals surface area contributed by atoms with Gasteiger partial charge in [-0.1, -0.05) is 30.3 Å². The molecule has 1 heterocycles. The molecule has 0 fully saturated rings. The maximum Gasteiger partial charge on any atom is 0.257 e. The summed E-state index contributed by atoms with van der Waals surface area (Å²) < 4.78 is 37.3. The van der Waals surface area contributed by atoms with Crippen LogP contribution in [0.2, 0.25) is 0 Å². The van der Waals surface area contributed by atoms with E-state index in [1.165, 1.54) is 24.3 Å². The minimum atomic E-state index is -3.65. The Balaban J connectivity index is 1.93. The number of benzene rings is 2. The van der Waals surface area contributed by atoms with E-state index in [9.17, 15) is 17.6 Å². The number of nitrogens with one attached hydrogen (secondary N) is 1. The molecule has 0 aliphatic carbocycles. The molecule has 0 bridgehead atoms. The molecule has 4 nitrogen and oxygen atoms in total. The van der Waals surface area contributed by atoms with Crippen LogP contribution < -0.4 is 5.32 Å². The summed E-state index contributed by atoms with van der Waals surface area (Å²) in [5.74, 6) is -1.15. The van der Waals surface area contributed by atoms with Crippen molar-refractivity contribution in [3.63, 3.8) is 0 Å². The van der Waals surface area contributed by atoms with Crippen LogP contribution in [0.3, 0.4) is 0 Å². The molecule has 1 amide bonds. The third kappa shape index (κ3) is 2.92. The first-order valence-corrected chi connectivity index (χ1v) is 8.26. The highest BCUT2D eigenvalue weighted by atomic mass is 32.2. The quantitative estimate of drug-likeness (QED) is 0.885. The van der Waals surface area contributed by atoms with Crippen molar-refractivity contribution in [1.82, 2.24) is 0 Å². The molecule has 0 spiro atoms. The average Bonchev–Trinajstić information content (AvgIpc) is 2.77. The van der Waals surface area contributed by atoms with E-state index in [-0.39, 0.29) is 11.3 Å². The molecular weight excluding hydrogens is 305 g/mol. The van der Waals surface area contributed by atoms with Gasteiger partial charge in [0.15, 0.2) is 9.84 Å². The van der Waals surface area contributed by atoms with Crippen molar-refractivity contribution in [2.24, 2.45) is 0 Å². The van der Waals surface area contributed by atoms with Gasteiger partial charge in [-0.3, -0.25) is 4.79 Å². The fourth-order valence-electron chi connectivity index (χ4n) is 2.29. The number of amides is 1. The van der Waals surface area contributed by atoms with Gasteiger partial charge in [0, 0.05) is 16.7 Å². The minimum absolute atomic E-state index is 0.123. The lowest BCUT2D eigenvalue weighted by Crippen LogP contribution is -2.07. The van der Waals surface area contributed by atoms with Gasteiger partial charge in [-0.2, -0.15) is 0 Å². The third-order valence-corrected chi connectivity index (χ3v) is 4.62. The molecule has 0 aromatic heterocycles. The first kappa shape index (κ1) is 14.5. The second kappa shape index (κ2) is 5.38. The van der Waals surface area contributed by atoms with Gasteiger partial charge in [0.05, 0.1) is 11.3 Å². The number of carbonyl (C=O) groups excluding carboxylic acids is 1. The third-order valence-electron chi connectivity index (χ3n) is 3.29. The smallest absolute Gasteiger partial charge is 0.257 e. The van der Waals surface area contributed by atoms with Crippen molar-refractivity contribution in [3.05, 3.63) is 70.9 Å². The van der Waals surface area contributed by atoms with Gasteiger partial charge in [-0.05, 0) is 23.8 Å². The van der Waals surface area contributed by atoms with Crippen LogP contribution in [0.4, 0.5) is 10.1 Å². The van der Waals surface area contributed by atoms with Crippen LogP contribution in [0.15, 0.2) is 53.9 Å². The summed E-state index contributed by atoms with van der Waals surface area (Å²) in [5, 5.41) is 3.60. The Morgan fingerprint density at radius 2 is 1.73 bits per heavy atom. The van der Waals surface area contributed by atoms with Gasteiger partial charge >= 0.3 is 0 Å². The van der Waals surface area contributed by atoms with E-state index in [4.69, 9.17) is 0 Å². The van der Waals surface area contributed by atoms with Crippen LogP contribution in [-0.2, 0) is 20.4 Å². The average molecular weight is 317 g/mol. The van der Waals surface area contributed by atoms with Crippen LogP contribution in [0.25, 0.3) is 5.57 Å². The van der Waals surface area contributed by atoms with Gasteiger partial charge in [0.1, 0.15) is 5.82 Å². The highest BCUT2D eigenvalue weighted by molar-refractivity contribution is 7.93. The number of hydrogen-bond acceptors (Lipinski definition) is 3. The van der Waals surface area contributed by atoms with E-state index in [0.717, 1.165) is 5.41 Å². The van der Waals surface area contributed by atoms with Crippen LogP contribution in [0, 0.1) is 5.82 Å². The molecule has 0 radical (unpaired) electrons. The van der Waals surface area contributed by atoms with E-state index in [1.54, 1.807) is 24.3 Å². The zero-order chi connectivity index (χ0) is 15.7. The zero-order valence-corrected chi connectivity index (χ0v) is 12.2. The number of hydrogen-bond donors (Lipinski definition) is 1. The number of halogens is 1. The lowest BCUT2D eigenvalue weighted by atomic mass is 10.1. The molecule has 0 atom stereocenters. The van der Waals surface area contributed by atoms with Crippen molar-refractivity contribution in [2.75, 3.05) is 5.32 Å². The Bertz CT molecular complexity index is 871. The molecule has 0 unspecified atom stereocenters. The van der Waals surface area contributed by atoms with Crippen LogP contribution in [-0.4, -0.2) is 14.3 Å². The summed E-state index contributed by atoms with van der Waals surface area (Å²) in [5.41, 5.74) is 1.74. The maximum atomic E-state index is 12.8. The fraction of sp³-hybridized carbons (Fsp3) is 0.0625. The van der Waals surface area contributed by atoms with E-state index in [0.29, 0.717) is 16.8 Å². The zero-order valence-electron chi connectivity index (χ0n) is 11.4. The molecule has 1 aliphatic rings. The SMILES string of the molecule is O=C1Nc2ccccc2C1=CS(=O)(=O)Cc1ccc(F)cc1. The number of carbonyl (C=O) groups is 1. The Morgan fingerprint density at radius 3 is 2.45 bits per heavy atom. The second-order valence-corrected chi connectivity index (χ2v) is 6.81. The van der Waals surface area contributed by atoms with Crippen molar-refractivity contribution < 1.29 is 17.6 Å². The van der Waals surface area contributed by atoms with Crippen molar-refractivity contribution >= 4 is 27.0 Å². The Labute approximate surface area is 127 Å². The molecule has 112 valence electrons. The van der Waals surface area contributed by atoms with E-state index in [1.807, 2.05) is 0 Å². The molecule has 22 heavy (non-hydrogen) atoms. The minimum Gasteiger partial charge on any atom is -0.321 e. The molecule has 6 heteroatoms. The first-order valence-electron chi connectivity index (χ1n) is 6.54. The molecule has 1 N–H and O–H groups in total. The van der Waals surface area contributed by atoms with E-state index in [2.05, 4.69) is 5.32 Å². The number of sulfone groups is 1. The normalized spacial score (nSPS) is 15.7. The second-order valence-electron chi connectivity index (χ2n) is 4.96. The summed E-state index contributed by atoms with van der Waals surface area (Å²) in [6.45, 7) is 0. The summed E-state index contributed by atoms with van der Waals surface area (Å²) in [6, 6.07) is 12.1. The highest BCUT2D eigenvalue weighted by Gasteiger charge is 2.25. The Kier molecular flexibility index (Phi) is 3.54. The number of anilines is 1. The molecule has 0 saturated heterocycles. The van der Waals surface area contributed by atoms with Gasteiger partial charge in [-0.15, -0.1) is 0 Å². The number of para-hydroxylation sites is 1. The fourth-order valence-corrected chi connectivity index (χ4v) is 3.62. The van der Waals surface area contributed by atoms with Gasteiger partial charge < -0.3 is 5.32 Å². The van der Waals surface area contributed by atoms with Crippen LogP contribution in [0.1, 0.15) is 11.1 Å². The monoisotopic (exact) mass is 317 g/mol. The van der Waals surface area contributed by atoms with Gasteiger partial charge in [-0.25, -0.2) is 12.8 Å². The molecule has 2 aromatic rings. The van der Waals surface area contributed by atoms with Gasteiger partial charge in [0.2, 0.25) is 0 Å². The standard InChI is InChI=1S/C16H12FNO3S/c17-12-7-5-11(6-8-12)9-22(20,21)10-14-13-3-1-2-4-15(13)18-16(14)19/h1-8,10H,9H2,(H,18,19). The van der Waals surface area contributed by atoms with Crippen LogP contribution >= 0.6 is 0 Å². The topological polar surface area (TPSA) is 63.2 Å². The molecule has 0 saturated carbocycles. The Morgan fingerprint density at radius 1 is 1.05 bits per heavy atom. The molecule has 2 aromatic carbocycles. The predicted octanol–water partition coefficient (Wildman–Crippen LogP) is 2.73. The van der Waals surface area contributed by atoms with Crippen molar-refractivity contribution in [2.45, 2.75) is 5.75 Å². The summed E-state index contributed by atoms with van der Waals surface area (Å²) in [7, 11) is -3.65. The lowest BCUT2D eigenvalue weighted by Gasteiger charge is -2.02. The highest BCUT2D eigenvalue weighted by Crippen LogP contribution is 2.32. The van der Waals surface area contributed by atoms with Crippen LogP contribution in [0.5, 0.6) is 0 Å². The summed E-state index contributed by atoms with van der Waals surface area (Å²) in [4.78, 5) is 11.9. The van der Waals surface area contributed by atoms with Gasteiger partial charge in [0.25, 0.3) is 5.91 Å². The number of rotatable bonds is 3. The predicted molar refractivity (Wildman–Crippen MR) is 82.1 cm³/mol. The van der Waals surface area contributed by atoms with E-state index < -0.39 is 21.6 Å². The summed E-state index contributed by atoms with van der Waals surface area (Å²) in [6.07, 6.45) is 0. The first-order chi connectivity index (χ1) is 10.4. The van der Waals surface area contributed by atoms with Crippen molar-refractivity contribution in [1.29, 1.82) is 0 Å². The van der Waals surface area contributed by atoms with Crippen molar-refractivity contribution in [3.8, 4) is 0 Å². The maximum absolute atomic E-state index is 12.8. The largest absolute Gasteiger partial charge is 0.321 e. The van der Waals surface area contributed by atoms with E-state index >= 15 is 0 Å².